The van der Waals surface area contributed by atoms with Gasteiger partial charge in [-0.15, -0.1) is 0 Å². The molecule has 0 bridgehead atoms. The molecule has 0 aliphatic heterocycles. The molecule has 5 nitrogen and oxygen atoms in total. The van der Waals surface area contributed by atoms with Gasteiger partial charge >= 0.3 is 6.03 Å². The van der Waals surface area contributed by atoms with E-state index >= 15 is 0 Å². The van der Waals surface area contributed by atoms with Crippen LogP contribution in [0, 0.1) is 25.2 Å². The largest absolute Gasteiger partial charge is 0.369 e. The molecule has 0 saturated heterocycles. The van der Waals surface area contributed by atoms with E-state index in [1.54, 1.807) is 0 Å². The molecule has 1 saturated carbocycles. The second-order valence-corrected chi connectivity index (χ2v) is 5.43. The topological polar surface area (TPSA) is 82.2 Å². The number of amides is 2. The molecule has 1 aliphatic rings. The van der Waals surface area contributed by atoms with Gasteiger partial charge in [-0.25, -0.2) is 9.69 Å². The van der Waals surface area contributed by atoms with E-state index in [0.29, 0.717) is 12.2 Å². The number of carbonyl (C=O) groups excluding carboxylic acids is 1. The van der Waals surface area contributed by atoms with Crippen LogP contribution in [0.3, 0.4) is 0 Å². The maximum Gasteiger partial charge on any atom is 0.328 e. The quantitative estimate of drug-likeness (QED) is 0.582. The summed E-state index contributed by atoms with van der Waals surface area (Å²) in [7, 11) is 0. The van der Waals surface area contributed by atoms with Gasteiger partial charge in [-0.05, 0) is 37.3 Å². The summed E-state index contributed by atoms with van der Waals surface area (Å²) in [5, 5.41) is 10.5. The number of carbonyl (C=O) groups is 1. The number of anilines is 1. The van der Waals surface area contributed by atoms with Gasteiger partial charge in [0.05, 0.1) is 5.69 Å². The summed E-state index contributed by atoms with van der Waals surface area (Å²) in [6.07, 6.45) is 3.54. The van der Waals surface area contributed by atoms with Crippen molar-refractivity contribution in [3.05, 3.63) is 29.3 Å². The number of nitrogens with one attached hydrogen (secondary N) is 2. The fraction of sp³-hybridized carbons (Fsp3) is 0.467. The molecule has 0 radical (unpaired) electrons. The zero-order valence-electron chi connectivity index (χ0n) is 12.1. The number of urea groups is 1. The van der Waals surface area contributed by atoms with E-state index in [1.165, 1.54) is 17.7 Å². The highest BCUT2D eigenvalue weighted by Gasteiger charge is 2.24. The number of aryl methyl sites for hydroxylation is 2. The number of rotatable bonds is 4. The summed E-state index contributed by atoms with van der Waals surface area (Å²) < 4.78 is 0. The lowest BCUT2D eigenvalue weighted by atomic mass is 10.1. The Balaban J connectivity index is 2.12. The van der Waals surface area contributed by atoms with E-state index in [9.17, 15) is 4.79 Å². The van der Waals surface area contributed by atoms with Gasteiger partial charge in [-0.3, -0.25) is 5.41 Å². The molecule has 2 amide bonds. The van der Waals surface area contributed by atoms with Crippen molar-refractivity contribution in [3.63, 3.8) is 0 Å². The number of benzene rings is 1. The lowest BCUT2D eigenvalue weighted by Gasteiger charge is -2.24. The Labute approximate surface area is 119 Å². The van der Waals surface area contributed by atoms with Crippen molar-refractivity contribution in [2.75, 3.05) is 11.4 Å². The maximum atomic E-state index is 12.3. The highest BCUT2D eigenvalue weighted by atomic mass is 16.2. The van der Waals surface area contributed by atoms with Crippen LogP contribution >= 0.6 is 0 Å². The highest BCUT2D eigenvalue weighted by molar-refractivity contribution is 6.14. The standard InChI is InChI=1S/C15H22N4O/c1-10-4-3-5-11(2)13(10)19(14(16)17)15(20)18-9-8-12-6-7-12/h3-5,12H,6-9H2,1-2H3,(H3,16,17)(H,18,20). The van der Waals surface area contributed by atoms with Crippen molar-refractivity contribution < 1.29 is 4.79 Å². The number of hydrogen-bond acceptors (Lipinski definition) is 2. The molecule has 1 fully saturated rings. The van der Waals surface area contributed by atoms with Crippen molar-refractivity contribution in [1.82, 2.24) is 5.32 Å². The van der Waals surface area contributed by atoms with E-state index in [2.05, 4.69) is 5.32 Å². The van der Waals surface area contributed by atoms with Crippen LogP contribution in [-0.4, -0.2) is 18.5 Å². The minimum Gasteiger partial charge on any atom is -0.369 e. The second-order valence-electron chi connectivity index (χ2n) is 5.43. The molecular formula is C15H22N4O. The second kappa shape index (κ2) is 5.94. The van der Waals surface area contributed by atoms with Gasteiger partial charge in [0, 0.05) is 6.54 Å². The van der Waals surface area contributed by atoms with Crippen molar-refractivity contribution in [3.8, 4) is 0 Å². The summed E-state index contributed by atoms with van der Waals surface area (Å²) in [6.45, 7) is 4.46. The van der Waals surface area contributed by atoms with Crippen LogP contribution in [0.5, 0.6) is 0 Å². The Morgan fingerprint density at radius 3 is 2.50 bits per heavy atom. The van der Waals surface area contributed by atoms with Crippen molar-refractivity contribution in [2.24, 2.45) is 11.7 Å². The van der Waals surface area contributed by atoms with Gasteiger partial charge in [-0.1, -0.05) is 31.0 Å². The molecule has 0 aromatic heterocycles. The SMILES string of the molecule is Cc1cccc(C)c1N(C(=N)N)C(=O)NCCC1CC1. The molecule has 4 N–H and O–H groups in total. The van der Waals surface area contributed by atoms with Gasteiger partial charge in [0.1, 0.15) is 0 Å². The molecular weight excluding hydrogens is 252 g/mol. The first kappa shape index (κ1) is 14.4. The zero-order valence-corrected chi connectivity index (χ0v) is 12.1. The van der Waals surface area contributed by atoms with E-state index in [4.69, 9.17) is 11.1 Å². The third-order valence-electron chi connectivity index (χ3n) is 3.63. The Morgan fingerprint density at radius 1 is 1.40 bits per heavy atom. The summed E-state index contributed by atoms with van der Waals surface area (Å²) >= 11 is 0. The van der Waals surface area contributed by atoms with Crippen LogP contribution in [-0.2, 0) is 0 Å². The average Bonchev–Trinajstić information content (AvgIpc) is 3.17. The van der Waals surface area contributed by atoms with Gasteiger partial charge in [0.15, 0.2) is 0 Å². The van der Waals surface area contributed by atoms with Crippen molar-refractivity contribution >= 4 is 17.7 Å². The minimum absolute atomic E-state index is 0.258. The van der Waals surface area contributed by atoms with Crippen LogP contribution in [0.4, 0.5) is 10.5 Å². The summed E-state index contributed by atoms with van der Waals surface area (Å²) in [6, 6.07) is 5.43. The fourth-order valence-electron chi connectivity index (χ4n) is 2.36. The van der Waals surface area contributed by atoms with E-state index in [1.807, 2.05) is 32.0 Å². The van der Waals surface area contributed by atoms with Crippen molar-refractivity contribution in [1.29, 1.82) is 5.41 Å². The third kappa shape index (κ3) is 3.29. The molecule has 0 spiro atoms. The summed E-state index contributed by atoms with van der Waals surface area (Å²) in [5.74, 6) is 0.507. The molecule has 1 aromatic rings. The van der Waals surface area contributed by atoms with Crippen LogP contribution in [0.2, 0.25) is 0 Å². The number of nitrogens with two attached hydrogens (primary N) is 1. The van der Waals surface area contributed by atoms with Crippen LogP contribution in [0.1, 0.15) is 30.4 Å². The van der Waals surface area contributed by atoms with E-state index < -0.39 is 0 Å². The molecule has 20 heavy (non-hydrogen) atoms. The molecule has 0 unspecified atom stereocenters. The van der Waals surface area contributed by atoms with Crippen LogP contribution < -0.4 is 16.0 Å². The Hall–Kier alpha value is -2.04. The first-order valence-corrected chi connectivity index (χ1v) is 6.99. The first-order chi connectivity index (χ1) is 9.50. The van der Waals surface area contributed by atoms with E-state index in [-0.39, 0.29) is 12.0 Å². The lowest BCUT2D eigenvalue weighted by Crippen LogP contribution is -2.48. The van der Waals surface area contributed by atoms with Gasteiger partial charge in [0.2, 0.25) is 5.96 Å². The predicted molar refractivity (Wildman–Crippen MR) is 81.0 cm³/mol. The predicted octanol–water partition coefficient (Wildman–Crippen LogP) is 2.51. The average molecular weight is 274 g/mol. The monoisotopic (exact) mass is 274 g/mol. The Morgan fingerprint density at radius 2 is 2.00 bits per heavy atom. The molecule has 108 valence electrons. The van der Waals surface area contributed by atoms with Gasteiger partial charge in [-0.2, -0.15) is 0 Å². The minimum atomic E-state index is -0.324. The molecule has 1 aromatic carbocycles. The highest BCUT2D eigenvalue weighted by Crippen LogP contribution is 2.31. The Bertz CT molecular complexity index is 502. The van der Waals surface area contributed by atoms with E-state index in [0.717, 1.165) is 23.5 Å². The summed E-state index contributed by atoms with van der Waals surface area (Å²) in [5.41, 5.74) is 8.15. The normalized spacial score (nSPS) is 13.9. The summed E-state index contributed by atoms with van der Waals surface area (Å²) in [4.78, 5) is 13.5. The molecule has 2 rings (SSSR count). The molecule has 0 atom stereocenters. The van der Waals surface area contributed by atoms with Gasteiger partial charge < -0.3 is 11.1 Å². The Kier molecular flexibility index (Phi) is 4.27. The third-order valence-corrected chi connectivity index (χ3v) is 3.63. The van der Waals surface area contributed by atoms with Crippen molar-refractivity contribution in [2.45, 2.75) is 33.1 Å². The van der Waals surface area contributed by atoms with Gasteiger partial charge in [0.25, 0.3) is 0 Å². The number of hydrogen-bond donors (Lipinski definition) is 3. The zero-order chi connectivity index (χ0) is 14.7. The number of guanidine groups is 1. The first-order valence-electron chi connectivity index (χ1n) is 6.99. The smallest absolute Gasteiger partial charge is 0.328 e. The molecule has 1 aliphatic carbocycles. The number of para-hydroxylation sites is 1. The maximum absolute atomic E-state index is 12.3. The molecule has 0 heterocycles. The van der Waals surface area contributed by atoms with Crippen LogP contribution in [0.15, 0.2) is 18.2 Å². The fourth-order valence-corrected chi connectivity index (χ4v) is 2.36. The lowest BCUT2D eigenvalue weighted by molar-refractivity contribution is 0.248. The number of nitrogens with zero attached hydrogens (tertiary/aromatic N) is 1. The molecule has 5 heteroatoms. The van der Waals surface area contributed by atoms with Crippen LogP contribution in [0.25, 0.3) is 0 Å².